The van der Waals surface area contributed by atoms with Crippen LogP contribution >= 0.6 is 24.8 Å². The fraction of sp³-hybridized carbons (Fsp3) is 0.417. The zero-order valence-corrected chi connectivity index (χ0v) is 12.1. The van der Waals surface area contributed by atoms with Crippen LogP contribution in [0, 0.1) is 5.82 Å². The summed E-state index contributed by atoms with van der Waals surface area (Å²) >= 11 is 0. The summed E-state index contributed by atoms with van der Waals surface area (Å²) in [6.45, 7) is 2.94. The molecule has 0 unspecified atom stereocenters. The molecule has 2 N–H and O–H groups in total. The van der Waals surface area contributed by atoms with Gasteiger partial charge in [-0.3, -0.25) is 4.79 Å². The Morgan fingerprint density at radius 2 is 1.63 bits per heavy atom. The fourth-order valence-corrected chi connectivity index (χ4v) is 2.00. The van der Waals surface area contributed by atoms with E-state index in [1.54, 1.807) is 17.0 Å². The summed E-state index contributed by atoms with van der Waals surface area (Å²) in [5, 5.41) is 0. The predicted molar refractivity (Wildman–Crippen MR) is 78.7 cm³/mol. The Balaban J connectivity index is 0.00000162. The Kier molecular flexibility index (Phi) is 7.75. The Labute approximate surface area is 124 Å². The van der Waals surface area contributed by atoms with Gasteiger partial charge in [0.05, 0.1) is 6.54 Å². The molecule has 1 aliphatic heterocycles. The summed E-state index contributed by atoms with van der Waals surface area (Å²) in [6.07, 6.45) is 0. The maximum absolute atomic E-state index is 12.8. The van der Waals surface area contributed by atoms with Gasteiger partial charge in [0, 0.05) is 31.9 Å². The average Bonchev–Trinajstić information content (AvgIpc) is 2.39. The zero-order valence-electron chi connectivity index (χ0n) is 10.4. The molecule has 1 saturated heterocycles. The molecule has 1 aromatic rings. The van der Waals surface area contributed by atoms with Crippen LogP contribution in [0.25, 0.3) is 0 Å². The minimum atomic E-state index is -0.231. The third kappa shape index (κ3) is 4.53. The smallest absolute Gasteiger partial charge is 0.236 e. The predicted octanol–water partition coefficient (Wildman–Crippen LogP) is 1.28. The third-order valence-corrected chi connectivity index (χ3v) is 3.00. The highest BCUT2D eigenvalue weighted by Gasteiger charge is 2.19. The summed E-state index contributed by atoms with van der Waals surface area (Å²) in [5.41, 5.74) is 6.31. The highest BCUT2D eigenvalue weighted by Crippen LogP contribution is 2.16. The Bertz CT molecular complexity index is 394. The lowest BCUT2D eigenvalue weighted by molar-refractivity contribution is -0.129. The number of rotatable bonds is 2. The second-order valence-corrected chi connectivity index (χ2v) is 4.05. The molecule has 1 aromatic carbocycles. The van der Waals surface area contributed by atoms with Crippen molar-refractivity contribution >= 4 is 36.4 Å². The van der Waals surface area contributed by atoms with Gasteiger partial charge in [0.25, 0.3) is 0 Å². The van der Waals surface area contributed by atoms with Crippen LogP contribution in [0.4, 0.5) is 10.1 Å². The van der Waals surface area contributed by atoms with Gasteiger partial charge in [-0.2, -0.15) is 0 Å². The number of amides is 1. The molecule has 1 fully saturated rings. The molecular weight excluding hydrogens is 292 g/mol. The average molecular weight is 310 g/mol. The van der Waals surface area contributed by atoms with Crippen molar-refractivity contribution in [1.29, 1.82) is 0 Å². The molecule has 2 rings (SSSR count). The van der Waals surface area contributed by atoms with Gasteiger partial charge in [-0.05, 0) is 24.3 Å². The van der Waals surface area contributed by atoms with Crippen LogP contribution in [0.1, 0.15) is 0 Å². The second-order valence-electron chi connectivity index (χ2n) is 4.05. The molecule has 1 amide bonds. The lowest BCUT2D eigenvalue weighted by Gasteiger charge is -2.36. The molecule has 0 radical (unpaired) electrons. The largest absolute Gasteiger partial charge is 0.368 e. The van der Waals surface area contributed by atoms with Crippen molar-refractivity contribution in [3.05, 3.63) is 30.1 Å². The molecule has 0 aromatic heterocycles. The quantitative estimate of drug-likeness (QED) is 0.895. The first-order chi connectivity index (χ1) is 8.20. The lowest BCUT2D eigenvalue weighted by atomic mass is 10.2. The van der Waals surface area contributed by atoms with Crippen molar-refractivity contribution < 1.29 is 9.18 Å². The maximum Gasteiger partial charge on any atom is 0.236 e. The van der Waals surface area contributed by atoms with Crippen LogP contribution in [0.2, 0.25) is 0 Å². The molecule has 0 aliphatic carbocycles. The van der Waals surface area contributed by atoms with Crippen molar-refractivity contribution in [1.82, 2.24) is 4.90 Å². The van der Waals surface area contributed by atoms with Gasteiger partial charge >= 0.3 is 0 Å². The SMILES string of the molecule is Cl.Cl.NCC(=O)N1CCN(c2ccc(F)cc2)CC1. The van der Waals surface area contributed by atoms with Gasteiger partial charge in [-0.25, -0.2) is 4.39 Å². The van der Waals surface area contributed by atoms with E-state index in [4.69, 9.17) is 5.73 Å². The number of hydrogen-bond donors (Lipinski definition) is 1. The van der Waals surface area contributed by atoms with E-state index in [0.717, 1.165) is 18.8 Å². The lowest BCUT2D eigenvalue weighted by Crippen LogP contribution is -2.50. The number of carbonyl (C=O) groups is 1. The molecule has 0 spiro atoms. The summed E-state index contributed by atoms with van der Waals surface area (Å²) < 4.78 is 12.8. The topological polar surface area (TPSA) is 49.6 Å². The minimum Gasteiger partial charge on any atom is -0.368 e. The molecule has 19 heavy (non-hydrogen) atoms. The van der Waals surface area contributed by atoms with Crippen molar-refractivity contribution in [2.45, 2.75) is 0 Å². The number of halogens is 3. The van der Waals surface area contributed by atoms with E-state index >= 15 is 0 Å². The normalized spacial score (nSPS) is 14.4. The third-order valence-electron chi connectivity index (χ3n) is 3.00. The number of hydrogen-bond acceptors (Lipinski definition) is 3. The first-order valence-electron chi connectivity index (χ1n) is 5.69. The van der Waals surface area contributed by atoms with Crippen LogP contribution in [-0.2, 0) is 4.79 Å². The number of benzene rings is 1. The highest BCUT2D eigenvalue weighted by molar-refractivity contribution is 5.85. The van der Waals surface area contributed by atoms with Gasteiger partial charge in [0.15, 0.2) is 0 Å². The summed E-state index contributed by atoms with van der Waals surface area (Å²) in [7, 11) is 0. The monoisotopic (exact) mass is 309 g/mol. The zero-order chi connectivity index (χ0) is 12.3. The summed E-state index contributed by atoms with van der Waals surface area (Å²) in [6, 6.07) is 6.42. The number of nitrogens with two attached hydrogens (primary N) is 1. The molecule has 4 nitrogen and oxygen atoms in total. The van der Waals surface area contributed by atoms with Gasteiger partial charge in [0.1, 0.15) is 5.82 Å². The fourth-order valence-electron chi connectivity index (χ4n) is 2.00. The standard InChI is InChI=1S/C12H16FN3O.2ClH/c13-10-1-3-11(4-2-10)15-5-7-16(8-6-15)12(17)9-14;;/h1-4H,5-9,14H2;2*1H. The molecule has 0 saturated carbocycles. The molecule has 0 bridgehead atoms. The summed E-state index contributed by atoms with van der Waals surface area (Å²) in [4.78, 5) is 15.3. The summed E-state index contributed by atoms with van der Waals surface area (Å²) in [5.74, 6) is -0.241. The number of nitrogens with zero attached hydrogens (tertiary/aromatic N) is 2. The molecule has 7 heteroatoms. The molecule has 0 atom stereocenters. The van der Waals surface area contributed by atoms with Crippen molar-refractivity contribution in [2.24, 2.45) is 5.73 Å². The van der Waals surface area contributed by atoms with Gasteiger partial charge in [-0.15, -0.1) is 24.8 Å². The van der Waals surface area contributed by atoms with Gasteiger partial charge in [0.2, 0.25) is 5.91 Å². The van der Waals surface area contributed by atoms with E-state index in [9.17, 15) is 9.18 Å². The van der Waals surface area contributed by atoms with Gasteiger partial charge < -0.3 is 15.5 Å². The molecule has 108 valence electrons. The van der Waals surface area contributed by atoms with Gasteiger partial charge in [-0.1, -0.05) is 0 Å². The van der Waals surface area contributed by atoms with Crippen molar-refractivity contribution in [2.75, 3.05) is 37.6 Å². The first kappa shape index (κ1) is 18.0. The van der Waals surface area contributed by atoms with Crippen LogP contribution in [0.15, 0.2) is 24.3 Å². The minimum absolute atomic E-state index is 0. The molecule has 1 aliphatic rings. The van der Waals surface area contributed by atoms with Crippen LogP contribution in [-0.4, -0.2) is 43.5 Å². The number of carbonyl (C=O) groups excluding carboxylic acids is 1. The van der Waals surface area contributed by atoms with Crippen molar-refractivity contribution in [3.8, 4) is 0 Å². The van der Waals surface area contributed by atoms with E-state index < -0.39 is 0 Å². The van der Waals surface area contributed by atoms with E-state index in [1.807, 2.05) is 0 Å². The van der Waals surface area contributed by atoms with Crippen LogP contribution in [0.3, 0.4) is 0 Å². The Morgan fingerprint density at radius 3 is 2.11 bits per heavy atom. The Morgan fingerprint density at radius 1 is 1.11 bits per heavy atom. The van der Waals surface area contributed by atoms with Crippen molar-refractivity contribution in [3.63, 3.8) is 0 Å². The number of anilines is 1. The van der Waals surface area contributed by atoms with E-state index in [2.05, 4.69) is 4.90 Å². The second kappa shape index (κ2) is 8.19. The first-order valence-corrected chi connectivity index (χ1v) is 5.69. The van der Waals surface area contributed by atoms with E-state index in [1.165, 1.54) is 12.1 Å². The van der Waals surface area contributed by atoms with E-state index in [-0.39, 0.29) is 43.1 Å². The number of piperazine rings is 1. The van der Waals surface area contributed by atoms with Crippen LogP contribution < -0.4 is 10.6 Å². The van der Waals surface area contributed by atoms with Crippen LogP contribution in [0.5, 0.6) is 0 Å². The van der Waals surface area contributed by atoms with E-state index in [0.29, 0.717) is 13.1 Å². The highest BCUT2D eigenvalue weighted by atomic mass is 35.5. The molecular formula is C12H18Cl2FN3O. The molecule has 1 heterocycles. The Hall–Kier alpha value is -1.04. The maximum atomic E-state index is 12.8.